The van der Waals surface area contributed by atoms with Crippen LogP contribution >= 0.6 is 11.6 Å². The van der Waals surface area contributed by atoms with Crippen LogP contribution in [0.1, 0.15) is 58.7 Å². The summed E-state index contributed by atoms with van der Waals surface area (Å²) in [6, 6.07) is 0.454. The molecule has 1 aliphatic carbocycles. The van der Waals surface area contributed by atoms with Gasteiger partial charge in [-0.05, 0) is 12.8 Å². The molecule has 0 radical (unpaired) electrons. The molecule has 0 unspecified atom stereocenters. The molecule has 0 aromatic carbocycles. The van der Waals surface area contributed by atoms with E-state index < -0.39 is 0 Å². The molecule has 1 heterocycles. The van der Waals surface area contributed by atoms with Crippen LogP contribution in [0.2, 0.25) is 5.15 Å². The molecule has 19 heavy (non-hydrogen) atoms. The lowest BCUT2D eigenvalue weighted by atomic mass is 9.95. The van der Waals surface area contributed by atoms with Crippen LogP contribution in [0.5, 0.6) is 0 Å². The van der Waals surface area contributed by atoms with Crippen LogP contribution in [0.25, 0.3) is 0 Å². The summed E-state index contributed by atoms with van der Waals surface area (Å²) in [5, 5.41) is 3.79. The average Bonchev–Trinajstić information content (AvgIpc) is 2.34. The van der Waals surface area contributed by atoms with E-state index in [1.165, 1.54) is 32.1 Å². The van der Waals surface area contributed by atoms with Gasteiger partial charge in [-0.15, -0.1) is 0 Å². The summed E-state index contributed by atoms with van der Waals surface area (Å²) in [6.07, 6.45) is 6.20. The van der Waals surface area contributed by atoms with E-state index >= 15 is 0 Å². The summed E-state index contributed by atoms with van der Waals surface area (Å²) in [5.74, 6) is 1.42. The minimum Gasteiger partial charge on any atom is -0.393 e. The standard InChI is InChI=1S/C14H23ClN4/c1-14(2,3)13-18-11(15)10(16)12(19-13)17-9-7-5-4-6-8-9/h9H,4-8,16H2,1-3H3,(H,17,18,19). The van der Waals surface area contributed by atoms with Crippen molar-refractivity contribution in [3.8, 4) is 0 Å². The molecule has 0 bridgehead atoms. The highest BCUT2D eigenvalue weighted by molar-refractivity contribution is 6.32. The second kappa shape index (κ2) is 5.53. The Bertz CT molecular complexity index is 447. The zero-order chi connectivity index (χ0) is 14.0. The molecule has 4 nitrogen and oxygen atoms in total. The van der Waals surface area contributed by atoms with E-state index in [4.69, 9.17) is 17.3 Å². The number of hydrogen-bond acceptors (Lipinski definition) is 4. The van der Waals surface area contributed by atoms with Gasteiger partial charge in [0.1, 0.15) is 11.5 Å². The quantitative estimate of drug-likeness (QED) is 0.811. The van der Waals surface area contributed by atoms with E-state index in [1.54, 1.807) is 0 Å². The number of aromatic nitrogens is 2. The Balaban J connectivity index is 2.25. The van der Waals surface area contributed by atoms with Gasteiger partial charge in [0, 0.05) is 11.5 Å². The molecular weight excluding hydrogens is 260 g/mol. The monoisotopic (exact) mass is 282 g/mol. The summed E-state index contributed by atoms with van der Waals surface area (Å²) >= 11 is 6.13. The number of hydrogen-bond donors (Lipinski definition) is 2. The van der Waals surface area contributed by atoms with Crippen LogP contribution in [0.15, 0.2) is 0 Å². The van der Waals surface area contributed by atoms with E-state index in [0.717, 1.165) is 5.82 Å². The number of nitrogens with zero attached hydrogens (tertiary/aromatic N) is 2. The van der Waals surface area contributed by atoms with Gasteiger partial charge < -0.3 is 11.1 Å². The molecular formula is C14H23ClN4. The van der Waals surface area contributed by atoms with Gasteiger partial charge >= 0.3 is 0 Å². The van der Waals surface area contributed by atoms with Crippen molar-refractivity contribution in [1.29, 1.82) is 0 Å². The second-order valence-corrected chi connectivity index (χ2v) is 6.69. The second-order valence-electron chi connectivity index (χ2n) is 6.33. The van der Waals surface area contributed by atoms with E-state index in [9.17, 15) is 0 Å². The first-order valence-corrected chi connectivity index (χ1v) is 7.36. The third-order valence-corrected chi connectivity index (χ3v) is 3.80. The minimum atomic E-state index is -0.139. The molecule has 106 valence electrons. The summed E-state index contributed by atoms with van der Waals surface area (Å²) in [6.45, 7) is 6.21. The lowest BCUT2D eigenvalue weighted by Crippen LogP contribution is -2.25. The van der Waals surface area contributed by atoms with Crippen LogP contribution in [-0.4, -0.2) is 16.0 Å². The fraction of sp³-hybridized carbons (Fsp3) is 0.714. The van der Waals surface area contributed by atoms with Crippen LogP contribution < -0.4 is 11.1 Å². The van der Waals surface area contributed by atoms with E-state index in [1.807, 2.05) is 0 Å². The Kier molecular flexibility index (Phi) is 4.19. The van der Waals surface area contributed by atoms with E-state index in [2.05, 4.69) is 36.1 Å². The molecule has 0 spiro atoms. The highest BCUT2D eigenvalue weighted by atomic mass is 35.5. The number of nitrogens with two attached hydrogens (primary N) is 1. The molecule has 1 aromatic rings. The first-order valence-electron chi connectivity index (χ1n) is 6.98. The Hall–Kier alpha value is -1.03. The van der Waals surface area contributed by atoms with Gasteiger partial charge in [-0.3, -0.25) is 0 Å². The first kappa shape index (κ1) is 14.4. The maximum atomic E-state index is 6.13. The highest BCUT2D eigenvalue weighted by Crippen LogP contribution is 2.30. The predicted octanol–water partition coefficient (Wildman–Crippen LogP) is 3.75. The molecule has 1 saturated carbocycles. The van der Waals surface area contributed by atoms with Gasteiger partial charge in [-0.1, -0.05) is 51.6 Å². The molecule has 5 heteroatoms. The summed E-state index contributed by atoms with van der Waals surface area (Å²) in [4.78, 5) is 8.85. The molecule has 0 amide bonds. The van der Waals surface area contributed by atoms with Crippen molar-refractivity contribution < 1.29 is 0 Å². The summed E-state index contributed by atoms with van der Waals surface area (Å²) in [7, 11) is 0. The van der Waals surface area contributed by atoms with Gasteiger partial charge in [0.15, 0.2) is 11.0 Å². The molecule has 1 aromatic heterocycles. The third-order valence-electron chi connectivity index (χ3n) is 3.52. The maximum Gasteiger partial charge on any atom is 0.157 e. The summed E-state index contributed by atoms with van der Waals surface area (Å²) < 4.78 is 0. The van der Waals surface area contributed by atoms with Crippen molar-refractivity contribution in [2.24, 2.45) is 0 Å². The van der Waals surface area contributed by atoms with E-state index in [-0.39, 0.29) is 5.41 Å². The van der Waals surface area contributed by atoms with Gasteiger partial charge in [0.05, 0.1) is 0 Å². The van der Waals surface area contributed by atoms with Gasteiger partial charge in [-0.25, -0.2) is 9.97 Å². The number of anilines is 2. The molecule has 0 atom stereocenters. The first-order chi connectivity index (χ1) is 8.88. The molecule has 2 rings (SSSR count). The summed E-state index contributed by atoms with van der Waals surface area (Å²) in [5.41, 5.74) is 6.31. The number of rotatable bonds is 2. The van der Waals surface area contributed by atoms with Crippen LogP contribution in [-0.2, 0) is 5.41 Å². The zero-order valence-electron chi connectivity index (χ0n) is 12.0. The van der Waals surface area contributed by atoms with Crippen LogP contribution in [0.4, 0.5) is 11.5 Å². The highest BCUT2D eigenvalue weighted by Gasteiger charge is 2.22. The molecule has 1 fully saturated rings. The normalized spacial score (nSPS) is 17.5. The topological polar surface area (TPSA) is 63.8 Å². The molecule has 0 aliphatic heterocycles. The van der Waals surface area contributed by atoms with Gasteiger partial charge in [-0.2, -0.15) is 0 Å². The largest absolute Gasteiger partial charge is 0.393 e. The Morgan fingerprint density at radius 1 is 1.16 bits per heavy atom. The number of nitrogens with one attached hydrogen (secondary N) is 1. The predicted molar refractivity (Wildman–Crippen MR) is 80.7 cm³/mol. The van der Waals surface area contributed by atoms with Gasteiger partial charge in [0.2, 0.25) is 0 Å². The van der Waals surface area contributed by atoms with Crippen molar-refractivity contribution in [1.82, 2.24) is 9.97 Å². The van der Waals surface area contributed by atoms with Crippen LogP contribution in [0.3, 0.4) is 0 Å². The SMILES string of the molecule is CC(C)(C)c1nc(Cl)c(N)c(NC2CCCCC2)n1. The van der Waals surface area contributed by atoms with Gasteiger partial charge in [0.25, 0.3) is 0 Å². The molecule has 0 saturated heterocycles. The Labute approximate surface area is 120 Å². The fourth-order valence-electron chi connectivity index (χ4n) is 2.33. The van der Waals surface area contributed by atoms with Crippen molar-refractivity contribution in [3.63, 3.8) is 0 Å². The van der Waals surface area contributed by atoms with Crippen molar-refractivity contribution >= 4 is 23.1 Å². The Morgan fingerprint density at radius 3 is 2.37 bits per heavy atom. The lowest BCUT2D eigenvalue weighted by Gasteiger charge is -2.25. The number of nitrogen functional groups attached to an aromatic ring is 1. The van der Waals surface area contributed by atoms with Crippen LogP contribution in [0, 0.1) is 0 Å². The molecule has 1 aliphatic rings. The average molecular weight is 283 g/mol. The zero-order valence-corrected chi connectivity index (χ0v) is 12.7. The van der Waals surface area contributed by atoms with Crippen molar-refractivity contribution in [2.75, 3.05) is 11.1 Å². The number of halogens is 1. The smallest absolute Gasteiger partial charge is 0.157 e. The Morgan fingerprint density at radius 2 is 1.79 bits per heavy atom. The van der Waals surface area contributed by atoms with Crippen molar-refractivity contribution in [2.45, 2.75) is 64.3 Å². The molecule has 3 N–H and O–H groups in total. The van der Waals surface area contributed by atoms with Crippen molar-refractivity contribution in [3.05, 3.63) is 11.0 Å². The fourth-order valence-corrected chi connectivity index (χ4v) is 2.50. The van der Waals surface area contributed by atoms with E-state index in [0.29, 0.717) is 22.7 Å². The minimum absolute atomic E-state index is 0.139. The third kappa shape index (κ3) is 3.50. The lowest BCUT2D eigenvalue weighted by molar-refractivity contribution is 0.461. The maximum absolute atomic E-state index is 6.13.